The molecule has 5 aromatic rings. The van der Waals surface area contributed by atoms with Gasteiger partial charge in [-0.25, -0.2) is 4.57 Å². The van der Waals surface area contributed by atoms with Crippen LogP contribution < -0.4 is 9.47 Å². The van der Waals surface area contributed by atoms with Crippen molar-refractivity contribution in [3.05, 3.63) is 132 Å². The lowest BCUT2D eigenvalue weighted by atomic mass is 9.81. The van der Waals surface area contributed by atoms with Crippen LogP contribution in [0.2, 0.25) is 0 Å². The van der Waals surface area contributed by atoms with Gasteiger partial charge >= 0.3 is 5.97 Å². The van der Waals surface area contributed by atoms with Crippen molar-refractivity contribution >= 4 is 55.4 Å². The minimum absolute atomic E-state index is 0.202. The summed E-state index contributed by atoms with van der Waals surface area (Å²) in [6.45, 7) is 5.10. The van der Waals surface area contributed by atoms with Crippen molar-refractivity contribution in [2.75, 3.05) is 4.90 Å². The van der Waals surface area contributed by atoms with E-state index in [2.05, 4.69) is 48.8 Å². The topological polar surface area (TPSA) is 153 Å². The highest BCUT2D eigenvalue weighted by Gasteiger charge is 2.36. The molecule has 1 aliphatic carbocycles. The van der Waals surface area contributed by atoms with Crippen LogP contribution in [-0.2, 0) is 37.0 Å². The van der Waals surface area contributed by atoms with Gasteiger partial charge in [0.1, 0.15) is 6.54 Å². The zero-order valence-corrected chi connectivity index (χ0v) is 30.3. The molecule has 0 spiro atoms. The number of aliphatic carboxylic acids is 1. The van der Waals surface area contributed by atoms with E-state index in [1.807, 2.05) is 42.7 Å². The molecule has 0 radical (unpaired) electrons. The SMILES string of the molecule is CC1(C)c2cc(/C=C/c3cc[n+](CCCCCC(=O)O)cc3)ccc2-c2ccc(N(c3cccc(S(=O)(=O)O)c3)c3cccc(S(=O)(=O)O)c3)cc21. The number of benzene rings is 4. The van der Waals surface area contributed by atoms with Crippen LogP contribution >= 0.6 is 0 Å². The standard InChI is InChI=1S/C40H38N2O8S2/c1-40(2)37-24-29(14-13-28-19-22-41(23-20-28)21-5-3-4-12-39(43)44)15-17-35(37)36-18-16-32(27-38(36)40)42(30-8-6-10-33(25-30)51(45,46)47)31-9-7-11-34(26-31)52(48,49)50/h6-11,13-20,22-27H,3-5,12,21H2,1-2H3,(H2-,43,44,45,46,47,48,49,50)/p+1. The van der Waals surface area contributed by atoms with Crippen LogP contribution in [0.5, 0.6) is 0 Å². The Hall–Kier alpha value is -5.14. The van der Waals surface area contributed by atoms with Gasteiger partial charge in [0, 0.05) is 47.5 Å². The lowest BCUT2D eigenvalue weighted by Gasteiger charge is -2.28. The quantitative estimate of drug-likeness (QED) is 0.0618. The van der Waals surface area contributed by atoms with E-state index in [1.54, 1.807) is 17.0 Å². The Balaban J connectivity index is 1.29. The number of carbonyl (C=O) groups is 1. The normalized spacial score (nSPS) is 13.5. The molecule has 268 valence electrons. The summed E-state index contributed by atoms with van der Waals surface area (Å²) in [5, 5.41) is 8.80. The summed E-state index contributed by atoms with van der Waals surface area (Å²) in [5.41, 5.74) is 7.21. The monoisotopic (exact) mass is 739 g/mol. The molecule has 10 nitrogen and oxygen atoms in total. The van der Waals surface area contributed by atoms with Gasteiger partial charge < -0.3 is 10.0 Å². The van der Waals surface area contributed by atoms with Gasteiger partial charge in [-0.15, -0.1) is 0 Å². The van der Waals surface area contributed by atoms with E-state index in [0.29, 0.717) is 23.5 Å². The van der Waals surface area contributed by atoms with Gasteiger partial charge in [-0.2, -0.15) is 16.8 Å². The second-order valence-corrected chi connectivity index (χ2v) is 16.2. The third-order valence-electron chi connectivity index (χ3n) is 9.38. The zero-order chi connectivity index (χ0) is 37.3. The lowest BCUT2D eigenvalue weighted by molar-refractivity contribution is -0.697. The first kappa shape index (κ1) is 36.6. The number of hydrogen-bond donors (Lipinski definition) is 3. The van der Waals surface area contributed by atoms with Crippen LogP contribution in [0, 0.1) is 0 Å². The maximum atomic E-state index is 12.1. The highest BCUT2D eigenvalue weighted by Crippen LogP contribution is 2.51. The predicted octanol–water partition coefficient (Wildman–Crippen LogP) is 8.06. The summed E-state index contributed by atoms with van der Waals surface area (Å²) in [7, 11) is -9.08. The molecular formula is C40H39N2O8S2+. The van der Waals surface area contributed by atoms with Crippen LogP contribution in [0.25, 0.3) is 23.3 Å². The first-order valence-electron chi connectivity index (χ1n) is 16.7. The molecule has 0 saturated heterocycles. The van der Waals surface area contributed by atoms with Gasteiger partial charge in [-0.1, -0.05) is 62.4 Å². The molecule has 0 unspecified atom stereocenters. The van der Waals surface area contributed by atoms with Crippen molar-refractivity contribution in [2.24, 2.45) is 0 Å². The molecule has 3 N–H and O–H groups in total. The summed E-state index contributed by atoms with van der Waals surface area (Å²) >= 11 is 0. The predicted molar refractivity (Wildman–Crippen MR) is 200 cm³/mol. The van der Waals surface area contributed by atoms with Crippen LogP contribution in [0.1, 0.15) is 61.8 Å². The summed E-state index contributed by atoms with van der Waals surface area (Å²) in [4.78, 5) is 11.7. The van der Waals surface area contributed by atoms with Crippen molar-refractivity contribution in [3.63, 3.8) is 0 Å². The molecule has 0 atom stereocenters. The Morgan fingerprint density at radius 2 is 1.21 bits per heavy atom. The maximum Gasteiger partial charge on any atom is 0.303 e. The second kappa shape index (κ2) is 14.5. The number of anilines is 3. The molecule has 1 aliphatic rings. The number of nitrogens with zero attached hydrogens (tertiary/aromatic N) is 2. The van der Waals surface area contributed by atoms with Crippen molar-refractivity contribution in [1.29, 1.82) is 0 Å². The van der Waals surface area contributed by atoms with E-state index in [0.717, 1.165) is 52.8 Å². The van der Waals surface area contributed by atoms with E-state index < -0.39 is 31.6 Å². The van der Waals surface area contributed by atoms with Gasteiger partial charge in [-0.3, -0.25) is 13.9 Å². The number of aryl methyl sites for hydroxylation is 1. The molecule has 0 bridgehead atoms. The Morgan fingerprint density at radius 3 is 1.79 bits per heavy atom. The number of aromatic nitrogens is 1. The van der Waals surface area contributed by atoms with Crippen molar-refractivity contribution in [2.45, 2.75) is 61.3 Å². The number of pyridine rings is 1. The van der Waals surface area contributed by atoms with Gasteiger partial charge in [0.05, 0.1) is 9.79 Å². The van der Waals surface area contributed by atoms with Crippen LogP contribution in [0.15, 0.2) is 119 Å². The van der Waals surface area contributed by atoms with Gasteiger partial charge in [0.25, 0.3) is 20.2 Å². The number of unbranched alkanes of at least 4 members (excludes halogenated alkanes) is 2. The summed E-state index contributed by atoms with van der Waals surface area (Å²) in [5.74, 6) is -0.759. The molecule has 4 aromatic carbocycles. The number of carboxylic acid groups (broad SMARTS) is 1. The molecule has 52 heavy (non-hydrogen) atoms. The number of hydrogen-bond acceptors (Lipinski definition) is 6. The fraction of sp³-hybridized carbons (Fsp3) is 0.200. The highest BCUT2D eigenvalue weighted by molar-refractivity contribution is 7.86. The van der Waals surface area contributed by atoms with Crippen molar-refractivity contribution < 1.29 is 40.4 Å². The fourth-order valence-electron chi connectivity index (χ4n) is 6.67. The Labute approximate surface area is 303 Å². The molecule has 0 fully saturated rings. The summed E-state index contributed by atoms with van der Waals surface area (Å²) in [6, 6.07) is 27.7. The Bertz CT molecular complexity index is 2330. The number of rotatable bonds is 13. The Kier molecular flexibility index (Phi) is 10.2. The van der Waals surface area contributed by atoms with Gasteiger partial charge in [-0.05, 0) is 94.8 Å². The van der Waals surface area contributed by atoms with Crippen LogP contribution in [0.4, 0.5) is 17.1 Å². The van der Waals surface area contributed by atoms with E-state index >= 15 is 0 Å². The molecule has 1 heterocycles. The van der Waals surface area contributed by atoms with Crippen molar-refractivity contribution in [1.82, 2.24) is 0 Å². The molecule has 0 saturated carbocycles. The van der Waals surface area contributed by atoms with Gasteiger partial charge in [0.2, 0.25) is 0 Å². The molecule has 0 aliphatic heterocycles. The zero-order valence-electron chi connectivity index (χ0n) is 28.7. The average Bonchev–Trinajstić information content (AvgIpc) is 3.32. The summed E-state index contributed by atoms with van der Waals surface area (Å²) in [6.07, 6.45) is 10.9. The number of fused-ring (bicyclic) bond motifs is 3. The molecule has 12 heteroatoms. The molecule has 0 amide bonds. The smallest absolute Gasteiger partial charge is 0.303 e. The first-order valence-corrected chi connectivity index (χ1v) is 19.6. The maximum absolute atomic E-state index is 12.1. The average molecular weight is 740 g/mol. The minimum atomic E-state index is -4.54. The largest absolute Gasteiger partial charge is 0.481 e. The third-order valence-corrected chi connectivity index (χ3v) is 11.1. The Morgan fingerprint density at radius 1 is 0.673 bits per heavy atom. The highest BCUT2D eigenvalue weighted by atomic mass is 32.2. The third kappa shape index (κ3) is 8.00. The van der Waals surface area contributed by atoms with E-state index in [9.17, 15) is 30.7 Å². The minimum Gasteiger partial charge on any atom is -0.481 e. The van der Waals surface area contributed by atoms with E-state index in [4.69, 9.17) is 5.11 Å². The number of carboxylic acids is 1. The van der Waals surface area contributed by atoms with Crippen molar-refractivity contribution in [3.8, 4) is 11.1 Å². The fourth-order valence-corrected chi connectivity index (χ4v) is 7.71. The summed E-state index contributed by atoms with van der Waals surface area (Å²) < 4.78 is 70.0. The van der Waals surface area contributed by atoms with E-state index in [1.165, 1.54) is 36.4 Å². The van der Waals surface area contributed by atoms with Gasteiger partial charge in [0.15, 0.2) is 12.4 Å². The lowest BCUT2D eigenvalue weighted by Crippen LogP contribution is -2.32. The van der Waals surface area contributed by atoms with E-state index in [-0.39, 0.29) is 16.2 Å². The first-order chi connectivity index (χ1) is 24.6. The molecular weight excluding hydrogens is 701 g/mol. The molecule has 6 rings (SSSR count). The second-order valence-electron chi connectivity index (χ2n) is 13.3. The van der Waals surface area contributed by atoms with Crippen LogP contribution in [-0.4, -0.2) is 37.0 Å². The van der Waals surface area contributed by atoms with Crippen LogP contribution in [0.3, 0.4) is 0 Å². The molecule has 1 aromatic heterocycles.